The Bertz CT molecular complexity index is 624. The van der Waals surface area contributed by atoms with Gasteiger partial charge in [-0.15, -0.1) is 0 Å². The van der Waals surface area contributed by atoms with Crippen molar-refractivity contribution in [1.29, 1.82) is 0 Å². The summed E-state index contributed by atoms with van der Waals surface area (Å²) < 4.78 is 25.5. The highest BCUT2D eigenvalue weighted by atomic mass is 16.7. The molecule has 0 atom stereocenters. The van der Waals surface area contributed by atoms with Crippen LogP contribution < -0.4 is 9.47 Å². The first-order chi connectivity index (χ1) is 12.0. The summed E-state index contributed by atoms with van der Waals surface area (Å²) in [6.45, 7) is 2.14. The highest BCUT2D eigenvalue weighted by Gasteiger charge is 2.27. The molecule has 0 saturated carbocycles. The zero-order valence-corrected chi connectivity index (χ0v) is 14.7. The molecule has 8 nitrogen and oxygen atoms in total. The Hall–Kier alpha value is -2.61. The van der Waals surface area contributed by atoms with Gasteiger partial charge in [0.15, 0.2) is 18.3 Å². The van der Waals surface area contributed by atoms with Gasteiger partial charge in [0.1, 0.15) is 11.8 Å². The van der Waals surface area contributed by atoms with E-state index in [1.807, 2.05) is 0 Å². The van der Waals surface area contributed by atoms with Crippen LogP contribution in [0.2, 0.25) is 0 Å². The van der Waals surface area contributed by atoms with E-state index in [4.69, 9.17) is 18.9 Å². The predicted octanol–water partition coefficient (Wildman–Crippen LogP) is 1.31. The van der Waals surface area contributed by atoms with Gasteiger partial charge in [0, 0.05) is 18.6 Å². The zero-order valence-electron chi connectivity index (χ0n) is 14.7. The molecule has 1 aromatic rings. The van der Waals surface area contributed by atoms with Crippen molar-refractivity contribution in [3.8, 4) is 11.5 Å². The van der Waals surface area contributed by atoms with Crippen molar-refractivity contribution in [3.63, 3.8) is 0 Å². The molecule has 0 saturated heterocycles. The number of ether oxygens (including phenoxy) is 5. The Kier molecular flexibility index (Phi) is 8.42. The second kappa shape index (κ2) is 10.3. The second-order valence-corrected chi connectivity index (χ2v) is 4.80. The third kappa shape index (κ3) is 5.18. The number of rotatable bonds is 10. The molecule has 138 valence electrons. The van der Waals surface area contributed by atoms with Crippen molar-refractivity contribution in [2.75, 3.05) is 34.7 Å². The third-order valence-corrected chi connectivity index (χ3v) is 3.34. The maximum atomic E-state index is 12.2. The Balaban J connectivity index is 3.55. The molecule has 0 aliphatic carbocycles. The summed E-state index contributed by atoms with van der Waals surface area (Å²) in [6.07, 6.45) is 0.504. The van der Waals surface area contributed by atoms with Gasteiger partial charge < -0.3 is 28.5 Å². The molecule has 0 bridgehead atoms. The Labute approximate surface area is 145 Å². The summed E-state index contributed by atoms with van der Waals surface area (Å²) in [4.78, 5) is 34.9. The second-order valence-electron chi connectivity index (χ2n) is 4.80. The number of aldehydes is 1. The molecule has 8 heteroatoms. The fraction of sp³-hybridized carbons (Fsp3) is 0.471. The van der Waals surface area contributed by atoms with Gasteiger partial charge in [-0.05, 0) is 18.6 Å². The van der Waals surface area contributed by atoms with Crippen LogP contribution in [-0.4, -0.2) is 53.0 Å². The van der Waals surface area contributed by atoms with E-state index in [1.165, 1.54) is 27.4 Å². The van der Waals surface area contributed by atoms with Gasteiger partial charge in [0.2, 0.25) is 0 Å². The Morgan fingerprint density at radius 1 is 1.08 bits per heavy atom. The highest BCUT2D eigenvalue weighted by Crippen LogP contribution is 2.38. The summed E-state index contributed by atoms with van der Waals surface area (Å²) in [6, 6.07) is 1.53. The minimum Gasteiger partial charge on any atom is -0.492 e. The van der Waals surface area contributed by atoms with Crippen molar-refractivity contribution in [2.45, 2.75) is 19.8 Å². The summed E-state index contributed by atoms with van der Waals surface area (Å²) in [5.41, 5.74) is 0.811. The summed E-state index contributed by atoms with van der Waals surface area (Å²) in [5, 5.41) is 0. The minimum atomic E-state index is -0.699. The average molecular weight is 354 g/mol. The number of esters is 2. The van der Waals surface area contributed by atoms with E-state index in [-0.39, 0.29) is 36.7 Å². The third-order valence-electron chi connectivity index (χ3n) is 3.34. The van der Waals surface area contributed by atoms with E-state index in [2.05, 4.69) is 4.74 Å². The topological polar surface area (TPSA) is 97.4 Å². The minimum absolute atomic E-state index is 0.00738. The van der Waals surface area contributed by atoms with Gasteiger partial charge >= 0.3 is 11.9 Å². The lowest BCUT2D eigenvalue weighted by Crippen LogP contribution is -2.16. The molecule has 0 radical (unpaired) electrons. The molecule has 0 aliphatic heterocycles. The van der Waals surface area contributed by atoms with E-state index in [1.54, 1.807) is 6.92 Å². The summed E-state index contributed by atoms with van der Waals surface area (Å²) in [7, 11) is 3.80. The first kappa shape index (κ1) is 20.4. The molecular weight excluding hydrogens is 332 g/mol. The number of methoxy groups -OCH3 is 3. The average Bonchev–Trinajstić information content (AvgIpc) is 2.62. The lowest BCUT2D eigenvalue weighted by molar-refractivity contribution is -0.139. The van der Waals surface area contributed by atoms with Crippen LogP contribution in [0.3, 0.4) is 0 Å². The molecule has 0 heterocycles. The summed E-state index contributed by atoms with van der Waals surface area (Å²) in [5.74, 6) is -0.983. The van der Waals surface area contributed by atoms with Crippen molar-refractivity contribution in [2.24, 2.45) is 0 Å². The Morgan fingerprint density at radius 3 is 2.32 bits per heavy atom. The fourth-order valence-corrected chi connectivity index (χ4v) is 2.22. The molecule has 0 aromatic heterocycles. The lowest BCUT2D eigenvalue weighted by Gasteiger charge is -2.19. The fourth-order valence-electron chi connectivity index (χ4n) is 2.22. The highest BCUT2D eigenvalue weighted by molar-refractivity contribution is 5.97. The molecular formula is C17H22O8. The van der Waals surface area contributed by atoms with Gasteiger partial charge in [-0.1, -0.05) is 0 Å². The van der Waals surface area contributed by atoms with E-state index in [9.17, 15) is 14.4 Å². The van der Waals surface area contributed by atoms with Crippen LogP contribution in [0.25, 0.3) is 0 Å². The van der Waals surface area contributed by atoms with Crippen LogP contribution in [0.15, 0.2) is 6.07 Å². The van der Waals surface area contributed by atoms with Crippen LogP contribution in [0.1, 0.15) is 28.4 Å². The first-order valence-electron chi connectivity index (χ1n) is 7.55. The van der Waals surface area contributed by atoms with Gasteiger partial charge in [0.05, 0.1) is 27.8 Å². The van der Waals surface area contributed by atoms with Crippen LogP contribution in [-0.2, 0) is 36.6 Å². The number of hydrogen-bond donors (Lipinski definition) is 0. The monoisotopic (exact) mass is 354 g/mol. The molecule has 0 fully saturated rings. The molecule has 1 aromatic carbocycles. The van der Waals surface area contributed by atoms with Crippen molar-refractivity contribution < 1.29 is 38.1 Å². The lowest BCUT2D eigenvalue weighted by atomic mass is 9.97. The van der Waals surface area contributed by atoms with Crippen molar-refractivity contribution >= 4 is 18.2 Å². The van der Waals surface area contributed by atoms with Crippen LogP contribution >= 0.6 is 0 Å². The number of hydrogen-bond acceptors (Lipinski definition) is 8. The molecule has 0 spiro atoms. The van der Waals surface area contributed by atoms with Crippen LogP contribution in [0, 0.1) is 0 Å². The quantitative estimate of drug-likeness (QED) is 0.268. The number of carbonyl (C=O) groups is 3. The van der Waals surface area contributed by atoms with Gasteiger partial charge in [-0.2, -0.15) is 0 Å². The Morgan fingerprint density at radius 2 is 1.80 bits per heavy atom. The maximum absolute atomic E-state index is 12.2. The molecule has 0 N–H and O–H groups in total. The molecule has 0 amide bonds. The molecule has 0 aliphatic rings. The molecule has 0 unspecified atom stereocenters. The predicted molar refractivity (Wildman–Crippen MR) is 86.9 cm³/mol. The van der Waals surface area contributed by atoms with Gasteiger partial charge in [0.25, 0.3) is 0 Å². The normalized spacial score (nSPS) is 10.1. The zero-order chi connectivity index (χ0) is 18.8. The number of carbonyl (C=O) groups excluding carboxylic acids is 3. The molecule has 25 heavy (non-hydrogen) atoms. The summed E-state index contributed by atoms with van der Waals surface area (Å²) >= 11 is 0. The molecule has 1 rings (SSSR count). The largest absolute Gasteiger partial charge is 0.492 e. The first-order valence-corrected chi connectivity index (χ1v) is 7.55. The van der Waals surface area contributed by atoms with E-state index < -0.39 is 11.9 Å². The SMILES string of the molecule is CCOCOc1c(CC=O)cc(CC(=O)OC)c(C(=O)OC)c1OC. The standard InChI is InChI=1S/C17H22O8/c1-5-24-10-25-15-11(6-7-18)8-12(9-13(19)21-2)14(16(15)22-3)17(20)23-4/h7-8H,5-6,9-10H2,1-4H3. The smallest absolute Gasteiger partial charge is 0.342 e. The van der Waals surface area contributed by atoms with Crippen LogP contribution in [0.4, 0.5) is 0 Å². The van der Waals surface area contributed by atoms with E-state index in [0.29, 0.717) is 24.0 Å². The van der Waals surface area contributed by atoms with E-state index in [0.717, 1.165) is 0 Å². The maximum Gasteiger partial charge on any atom is 0.342 e. The van der Waals surface area contributed by atoms with Gasteiger partial charge in [-0.3, -0.25) is 4.79 Å². The van der Waals surface area contributed by atoms with Crippen molar-refractivity contribution in [1.82, 2.24) is 0 Å². The van der Waals surface area contributed by atoms with Crippen molar-refractivity contribution in [3.05, 3.63) is 22.8 Å². The number of benzene rings is 1. The van der Waals surface area contributed by atoms with E-state index >= 15 is 0 Å². The van der Waals surface area contributed by atoms with Crippen LogP contribution in [0.5, 0.6) is 11.5 Å². The van der Waals surface area contributed by atoms with Gasteiger partial charge in [-0.25, -0.2) is 4.79 Å².